The summed E-state index contributed by atoms with van der Waals surface area (Å²) in [4.78, 5) is 1.75. The fraction of sp³-hybridized carbons (Fsp3) is 0.571. The van der Waals surface area contributed by atoms with Crippen LogP contribution in [0.1, 0.15) is 5.69 Å². The molecule has 1 aromatic heterocycles. The van der Waals surface area contributed by atoms with E-state index in [1.807, 2.05) is 0 Å². The second-order valence-electron chi connectivity index (χ2n) is 2.96. The van der Waals surface area contributed by atoms with Crippen molar-refractivity contribution in [3.63, 3.8) is 0 Å². The lowest BCUT2D eigenvalue weighted by Gasteiger charge is -2.07. The standard InChI is InChI=1S/C7H10F3N3/c1-12(2)5-6-3-4-13(11-6)7(8,9)10/h3-4H,5H2,1-2H3. The highest BCUT2D eigenvalue weighted by molar-refractivity contribution is 4.98. The normalized spacial score (nSPS) is 12.5. The van der Waals surface area contributed by atoms with E-state index in [4.69, 9.17) is 0 Å². The van der Waals surface area contributed by atoms with Gasteiger partial charge in [0.2, 0.25) is 0 Å². The predicted octanol–water partition coefficient (Wildman–Crippen LogP) is 1.42. The molecular formula is C7H10F3N3. The van der Waals surface area contributed by atoms with Crippen molar-refractivity contribution in [3.05, 3.63) is 18.0 Å². The summed E-state index contributed by atoms with van der Waals surface area (Å²) in [6, 6.07) is 1.35. The summed E-state index contributed by atoms with van der Waals surface area (Å²) in [6.45, 7) is 0.406. The average molecular weight is 193 g/mol. The van der Waals surface area contributed by atoms with Gasteiger partial charge in [-0.15, -0.1) is 13.2 Å². The van der Waals surface area contributed by atoms with Gasteiger partial charge in [0.05, 0.1) is 5.69 Å². The fourth-order valence-electron chi connectivity index (χ4n) is 0.911. The Morgan fingerprint density at radius 3 is 2.46 bits per heavy atom. The molecule has 0 aromatic carbocycles. The molecule has 0 fully saturated rings. The lowest BCUT2D eigenvalue weighted by molar-refractivity contribution is -0.212. The van der Waals surface area contributed by atoms with E-state index < -0.39 is 6.30 Å². The Bertz CT molecular complexity index is 277. The van der Waals surface area contributed by atoms with Crippen LogP contribution in [0.4, 0.5) is 13.2 Å². The van der Waals surface area contributed by atoms with Gasteiger partial charge in [-0.1, -0.05) is 0 Å². The highest BCUT2D eigenvalue weighted by Gasteiger charge is 2.31. The second kappa shape index (κ2) is 3.37. The SMILES string of the molecule is CN(C)Cc1ccn(C(F)(F)F)n1. The molecular weight excluding hydrogens is 183 g/mol. The van der Waals surface area contributed by atoms with Gasteiger partial charge in [0, 0.05) is 12.7 Å². The zero-order valence-electron chi connectivity index (χ0n) is 7.34. The molecule has 0 unspecified atom stereocenters. The van der Waals surface area contributed by atoms with Crippen molar-refractivity contribution in [2.24, 2.45) is 0 Å². The number of hydrogen-bond donors (Lipinski definition) is 0. The van der Waals surface area contributed by atoms with Crippen LogP contribution in [-0.2, 0) is 12.8 Å². The molecule has 0 spiro atoms. The number of hydrogen-bond acceptors (Lipinski definition) is 2. The number of alkyl halides is 3. The van der Waals surface area contributed by atoms with Crippen LogP contribution in [0.15, 0.2) is 12.3 Å². The van der Waals surface area contributed by atoms with E-state index in [9.17, 15) is 13.2 Å². The number of aromatic nitrogens is 2. The second-order valence-corrected chi connectivity index (χ2v) is 2.96. The first kappa shape index (κ1) is 10.0. The van der Waals surface area contributed by atoms with Crippen molar-refractivity contribution in [2.75, 3.05) is 14.1 Å². The van der Waals surface area contributed by atoms with Crippen LogP contribution in [0.5, 0.6) is 0 Å². The summed E-state index contributed by atoms with van der Waals surface area (Å²) in [7, 11) is 3.54. The quantitative estimate of drug-likeness (QED) is 0.708. The molecule has 0 N–H and O–H groups in total. The first-order valence-electron chi connectivity index (χ1n) is 3.66. The van der Waals surface area contributed by atoms with Crippen LogP contribution >= 0.6 is 0 Å². The van der Waals surface area contributed by atoms with E-state index in [1.54, 1.807) is 19.0 Å². The Labute approximate surface area is 73.8 Å². The molecule has 3 nitrogen and oxygen atoms in total. The van der Waals surface area contributed by atoms with Crippen LogP contribution in [0.3, 0.4) is 0 Å². The van der Waals surface area contributed by atoms with E-state index in [-0.39, 0.29) is 4.68 Å². The first-order valence-corrected chi connectivity index (χ1v) is 3.66. The molecule has 0 saturated carbocycles. The van der Waals surface area contributed by atoms with E-state index in [0.29, 0.717) is 12.2 Å². The third-order valence-electron chi connectivity index (χ3n) is 1.38. The molecule has 0 aliphatic heterocycles. The minimum atomic E-state index is -4.41. The summed E-state index contributed by atoms with van der Waals surface area (Å²) in [5.41, 5.74) is 0.405. The number of halogens is 3. The molecule has 74 valence electrons. The lowest BCUT2D eigenvalue weighted by atomic mass is 10.4. The summed E-state index contributed by atoms with van der Waals surface area (Å²) in [5.74, 6) is 0. The van der Waals surface area contributed by atoms with Gasteiger partial charge in [0.1, 0.15) is 0 Å². The van der Waals surface area contributed by atoms with Crippen LogP contribution in [0, 0.1) is 0 Å². The summed E-state index contributed by atoms with van der Waals surface area (Å²) < 4.78 is 36.1. The Kier molecular flexibility index (Phi) is 2.60. The molecule has 0 aliphatic carbocycles. The molecule has 6 heteroatoms. The maximum Gasteiger partial charge on any atom is 0.504 e. The smallest absolute Gasteiger partial charge is 0.304 e. The van der Waals surface area contributed by atoms with Gasteiger partial charge in [0.25, 0.3) is 0 Å². The van der Waals surface area contributed by atoms with Crippen molar-refractivity contribution in [2.45, 2.75) is 12.8 Å². The van der Waals surface area contributed by atoms with E-state index in [0.717, 1.165) is 6.20 Å². The Morgan fingerprint density at radius 2 is 2.08 bits per heavy atom. The van der Waals surface area contributed by atoms with E-state index in [1.165, 1.54) is 6.07 Å². The largest absolute Gasteiger partial charge is 0.504 e. The minimum Gasteiger partial charge on any atom is -0.304 e. The molecule has 1 heterocycles. The summed E-state index contributed by atoms with van der Waals surface area (Å²) >= 11 is 0. The third-order valence-corrected chi connectivity index (χ3v) is 1.38. The van der Waals surface area contributed by atoms with Crippen molar-refractivity contribution < 1.29 is 13.2 Å². The molecule has 1 aromatic rings. The van der Waals surface area contributed by atoms with E-state index in [2.05, 4.69) is 5.10 Å². The van der Waals surface area contributed by atoms with Crippen LogP contribution in [-0.4, -0.2) is 28.8 Å². The Hall–Kier alpha value is -1.04. The van der Waals surface area contributed by atoms with Crippen molar-refractivity contribution >= 4 is 0 Å². The highest BCUT2D eigenvalue weighted by Crippen LogP contribution is 2.20. The molecule has 0 saturated heterocycles. The topological polar surface area (TPSA) is 21.1 Å². The van der Waals surface area contributed by atoms with Crippen molar-refractivity contribution in [3.8, 4) is 0 Å². The average Bonchev–Trinajstić information content (AvgIpc) is 2.32. The monoisotopic (exact) mass is 193 g/mol. The Morgan fingerprint density at radius 1 is 1.46 bits per heavy atom. The number of rotatable bonds is 2. The van der Waals surface area contributed by atoms with Crippen LogP contribution in [0.2, 0.25) is 0 Å². The molecule has 1 rings (SSSR count). The predicted molar refractivity (Wildman–Crippen MR) is 40.9 cm³/mol. The minimum absolute atomic E-state index is 0.00579. The maximum absolute atomic E-state index is 12.0. The van der Waals surface area contributed by atoms with Crippen LogP contribution in [0.25, 0.3) is 0 Å². The highest BCUT2D eigenvalue weighted by atomic mass is 19.4. The van der Waals surface area contributed by atoms with Gasteiger partial charge in [-0.3, -0.25) is 0 Å². The molecule has 0 atom stereocenters. The van der Waals surface area contributed by atoms with E-state index >= 15 is 0 Å². The van der Waals surface area contributed by atoms with Gasteiger partial charge in [-0.2, -0.15) is 9.78 Å². The van der Waals surface area contributed by atoms with Gasteiger partial charge in [-0.05, 0) is 20.2 Å². The molecule has 0 aliphatic rings. The molecule has 0 amide bonds. The third kappa shape index (κ3) is 2.73. The lowest BCUT2D eigenvalue weighted by Crippen LogP contribution is -2.18. The fourth-order valence-corrected chi connectivity index (χ4v) is 0.911. The summed E-state index contributed by atoms with van der Waals surface area (Å²) in [5, 5.41) is 3.37. The zero-order valence-corrected chi connectivity index (χ0v) is 7.34. The Balaban J connectivity index is 2.75. The van der Waals surface area contributed by atoms with Gasteiger partial charge in [-0.25, -0.2) is 0 Å². The maximum atomic E-state index is 12.0. The first-order chi connectivity index (χ1) is 5.89. The van der Waals surface area contributed by atoms with Gasteiger partial charge < -0.3 is 4.90 Å². The van der Waals surface area contributed by atoms with Crippen LogP contribution < -0.4 is 0 Å². The molecule has 0 radical (unpaired) electrons. The molecule has 0 bridgehead atoms. The van der Waals surface area contributed by atoms with Gasteiger partial charge >= 0.3 is 6.30 Å². The van der Waals surface area contributed by atoms with Crippen molar-refractivity contribution in [1.29, 1.82) is 0 Å². The molecule has 13 heavy (non-hydrogen) atoms. The van der Waals surface area contributed by atoms with Crippen molar-refractivity contribution in [1.82, 2.24) is 14.7 Å². The number of nitrogens with zero attached hydrogens (tertiary/aromatic N) is 3. The van der Waals surface area contributed by atoms with Gasteiger partial charge in [0.15, 0.2) is 0 Å². The zero-order chi connectivity index (χ0) is 10.1. The summed E-state index contributed by atoms with van der Waals surface area (Å²) in [6.07, 6.45) is -3.50.